The molecule has 2 fully saturated rings. The van der Waals surface area contributed by atoms with Gasteiger partial charge >= 0.3 is 17.1 Å². The Hall–Kier alpha value is -1.09. The van der Waals surface area contributed by atoms with E-state index in [1.807, 2.05) is 88.1 Å². The van der Waals surface area contributed by atoms with Gasteiger partial charge in [0, 0.05) is 16.5 Å². The summed E-state index contributed by atoms with van der Waals surface area (Å²) < 4.78 is 0. The Kier molecular flexibility index (Phi) is 8.21. The summed E-state index contributed by atoms with van der Waals surface area (Å²) in [5.41, 5.74) is 8.36. The Bertz CT molecular complexity index is 643. The van der Waals surface area contributed by atoms with Gasteiger partial charge in [-0.1, -0.05) is 23.7 Å². The number of benzene rings is 1. The predicted molar refractivity (Wildman–Crippen MR) is 97.9 cm³/mol. The zero-order chi connectivity index (χ0) is 16.8. The molecule has 0 aliphatic heterocycles. The van der Waals surface area contributed by atoms with Gasteiger partial charge in [0.2, 0.25) is 5.95 Å². The molecule has 3 nitrogen and oxygen atoms in total. The van der Waals surface area contributed by atoms with Gasteiger partial charge in [-0.15, -0.1) is 0 Å². The van der Waals surface area contributed by atoms with E-state index in [4.69, 9.17) is 17.3 Å². The summed E-state index contributed by atoms with van der Waals surface area (Å²) in [4.78, 5) is 8.53. The Morgan fingerprint density at radius 3 is 1.80 bits per heavy atom. The van der Waals surface area contributed by atoms with Crippen molar-refractivity contribution >= 4 is 17.5 Å². The smallest absolute Gasteiger partial charge is 0.368 e. The Morgan fingerprint density at radius 2 is 1.24 bits per heavy atom. The van der Waals surface area contributed by atoms with Crippen LogP contribution < -0.4 is 5.73 Å². The first-order valence-corrected chi connectivity index (χ1v) is 7.89. The number of nitrogens with two attached hydrogens (primary N) is 1. The van der Waals surface area contributed by atoms with Crippen LogP contribution in [0.2, 0.25) is 5.02 Å². The second-order valence-corrected chi connectivity index (χ2v) is 5.58. The van der Waals surface area contributed by atoms with E-state index in [1.165, 1.54) is 0 Å². The minimum atomic E-state index is 0. The first kappa shape index (κ1) is 20.2. The molecule has 0 spiro atoms. The molecule has 2 aromatic rings. The maximum atomic E-state index is 5.89. The van der Waals surface area contributed by atoms with Crippen molar-refractivity contribution in [2.45, 2.75) is 0 Å². The fourth-order valence-corrected chi connectivity index (χ4v) is 2.37. The molecule has 0 unspecified atom stereocenters. The van der Waals surface area contributed by atoms with Gasteiger partial charge in [0.1, 0.15) is 0 Å². The fraction of sp³-hybridized carbons (Fsp3) is 0. The van der Waals surface area contributed by atoms with Gasteiger partial charge in [-0.3, -0.25) is 0 Å². The van der Waals surface area contributed by atoms with Crippen LogP contribution in [0.15, 0.2) is 30.3 Å². The maximum Gasteiger partial charge on any atom is 2.00 e. The molecule has 2 saturated carbocycles. The molecule has 0 atom stereocenters. The van der Waals surface area contributed by atoms with Gasteiger partial charge in [-0.05, 0) is 76.0 Å². The van der Waals surface area contributed by atoms with Crippen molar-refractivity contribution in [1.29, 1.82) is 0 Å². The fourth-order valence-electron chi connectivity index (χ4n) is 2.25. The summed E-state index contributed by atoms with van der Waals surface area (Å²) in [5.74, 6) is 1.30. The molecular weight excluding hydrogens is 374 g/mol. The summed E-state index contributed by atoms with van der Waals surface area (Å²) in [5, 5.41) is 0.696. The van der Waals surface area contributed by atoms with Crippen molar-refractivity contribution in [2.75, 3.05) is 5.73 Å². The first-order valence-electron chi connectivity index (χ1n) is 7.51. The average molecular weight is 390 g/mol. The third-order valence-corrected chi connectivity index (χ3v) is 3.65. The monoisotopic (exact) mass is 389 g/mol. The third kappa shape index (κ3) is 5.98. The van der Waals surface area contributed by atoms with E-state index < -0.39 is 0 Å². The van der Waals surface area contributed by atoms with Crippen LogP contribution in [-0.2, 0) is 17.1 Å². The van der Waals surface area contributed by atoms with Gasteiger partial charge in [-0.2, -0.15) is 0 Å². The minimum Gasteiger partial charge on any atom is -0.368 e. The van der Waals surface area contributed by atoms with Crippen molar-refractivity contribution in [3.63, 3.8) is 0 Å². The Morgan fingerprint density at radius 1 is 0.720 bits per heavy atom. The summed E-state index contributed by atoms with van der Waals surface area (Å²) >= 11 is 5.89. The normalized spacial score (nSPS) is 16.8. The average Bonchev–Trinajstić information content (AvgIpc) is 3.31. The van der Waals surface area contributed by atoms with Crippen LogP contribution in [0.1, 0.15) is 5.69 Å². The van der Waals surface area contributed by atoms with E-state index >= 15 is 0 Å². The molecular formula is C20H16ClFeN3+2. The van der Waals surface area contributed by atoms with Gasteiger partial charge in [-0.25, -0.2) is 9.97 Å². The van der Waals surface area contributed by atoms with Crippen molar-refractivity contribution < 1.29 is 17.1 Å². The third-order valence-electron chi connectivity index (χ3n) is 3.40. The number of halogens is 1. The molecule has 4 rings (SSSR count). The zero-order valence-electron chi connectivity index (χ0n) is 13.3. The number of hydrogen-bond donors (Lipinski definition) is 1. The molecule has 5 heteroatoms. The molecule has 0 bridgehead atoms. The van der Waals surface area contributed by atoms with Crippen molar-refractivity contribution in [1.82, 2.24) is 9.97 Å². The molecule has 2 N–H and O–H groups in total. The second-order valence-electron chi connectivity index (χ2n) is 5.14. The molecule has 1 aromatic carbocycles. The van der Waals surface area contributed by atoms with E-state index in [2.05, 4.69) is 9.97 Å². The van der Waals surface area contributed by atoms with E-state index in [0.717, 1.165) is 22.9 Å². The topological polar surface area (TPSA) is 51.8 Å². The molecule has 25 heavy (non-hydrogen) atoms. The van der Waals surface area contributed by atoms with Crippen molar-refractivity contribution in [2.24, 2.45) is 0 Å². The molecule has 1 aromatic heterocycles. The number of nitrogens with zero attached hydrogens (tertiary/aromatic N) is 2. The molecule has 1 heterocycles. The van der Waals surface area contributed by atoms with Crippen molar-refractivity contribution in [3.05, 3.63) is 105 Å². The molecule has 10 radical (unpaired) electrons. The minimum absolute atomic E-state index is 0. The number of anilines is 1. The van der Waals surface area contributed by atoms with E-state index in [9.17, 15) is 0 Å². The van der Waals surface area contributed by atoms with Crippen LogP contribution in [0.4, 0.5) is 5.95 Å². The molecule has 2 aliphatic rings. The standard InChI is InChI=1S/C15H11ClN3.C5H5.Fe/c16-12-7-5-11(6-8-12)14-9-13(18-15(17)19-14)10-3-1-2-4-10;1-2-4-5-3-1;/h1-9H,(H2,17,18,19);1-5H;/q;;+2. The SMILES string of the molecule is Nc1nc([C]2[CH][CH][CH][CH]2)cc(-c2ccc(Cl)cc2)n1.[CH]1[CH][CH][CH][CH]1.[Fe+2]. The number of nitrogen functional groups attached to an aromatic ring is 1. The summed E-state index contributed by atoms with van der Waals surface area (Å²) in [7, 11) is 0. The summed E-state index contributed by atoms with van der Waals surface area (Å²) in [6.45, 7) is 0. The van der Waals surface area contributed by atoms with Gasteiger partial charge in [0.25, 0.3) is 0 Å². The summed E-state index contributed by atoms with van der Waals surface area (Å²) in [6.07, 6.45) is 17.9. The molecule has 124 valence electrons. The quantitative estimate of drug-likeness (QED) is 0.785. The van der Waals surface area contributed by atoms with Crippen LogP contribution in [0.25, 0.3) is 11.3 Å². The molecule has 0 saturated heterocycles. The maximum absolute atomic E-state index is 5.89. The Labute approximate surface area is 166 Å². The van der Waals surface area contributed by atoms with Crippen LogP contribution in [0.5, 0.6) is 0 Å². The van der Waals surface area contributed by atoms with E-state index in [0.29, 0.717) is 5.02 Å². The number of rotatable bonds is 2. The second kappa shape index (κ2) is 10.2. The predicted octanol–water partition coefficient (Wildman–Crippen LogP) is 4.15. The summed E-state index contributed by atoms with van der Waals surface area (Å²) in [6, 6.07) is 9.42. The van der Waals surface area contributed by atoms with E-state index in [-0.39, 0.29) is 23.0 Å². The largest absolute Gasteiger partial charge is 2.00 e. The molecule has 2 aliphatic carbocycles. The number of hydrogen-bond acceptors (Lipinski definition) is 3. The Balaban J connectivity index is 0.000000325. The van der Waals surface area contributed by atoms with Gasteiger partial charge < -0.3 is 5.73 Å². The van der Waals surface area contributed by atoms with Crippen LogP contribution in [-0.4, -0.2) is 9.97 Å². The van der Waals surface area contributed by atoms with E-state index in [1.54, 1.807) is 0 Å². The molecule has 0 amide bonds. The van der Waals surface area contributed by atoms with Crippen molar-refractivity contribution in [3.8, 4) is 11.3 Å². The van der Waals surface area contributed by atoms with Gasteiger partial charge in [0.05, 0.1) is 11.4 Å². The zero-order valence-corrected chi connectivity index (χ0v) is 15.1. The van der Waals surface area contributed by atoms with Gasteiger partial charge in [0.15, 0.2) is 0 Å². The van der Waals surface area contributed by atoms with Crippen LogP contribution in [0, 0.1) is 63.7 Å². The first-order chi connectivity index (χ1) is 11.7. The van der Waals surface area contributed by atoms with Crippen LogP contribution in [0.3, 0.4) is 0 Å². The van der Waals surface area contributed by atoms with Crippen LogP contribution >= 0.6 is 11.6 Å². The number of aromatic nitrogens is 2.